The highest BCUT2D eigenvalue weighted by molar-refractivity contribution is 8.24. The average molecular weight is 315 g/mol. The number of rotatable bonds is 3. The van der Waals surface area contributed by atoms with Crippen molar-refractivity contribution < 1.29 is 9.90 Å². The number of fused-ring (bicyclic) bond motifs is 1. The number of benzene rings is 1. The van der Waals surface area contributed by atoms with Crippen LogP contribution in [0.5, 0.6) is 0 Å². The smallest absolute Gasteiger partial charge is 0.310 e. The van der Waals surface area contributed by atoms with Gasteiger partial charge in [0.15, 0.2) is 0 Å². The van der Waals surface area contributed by atoms with Gasteiger partial charge in [-0.05, 0) is 36.3 Å². The normalized spacial score (nSPS) is 16.7. The van der Waals surface area contributed by atoms with E-state index in [0.717, 1.165) is 25.3 Å². The minimum absolute atomic E-state index is 0.519. The Morgan fingerprint density at radius 3 is 2.81 bits per heavy atom. The molecule has 0 aliphatic carbocycles. The van der Waals surface area contributed by atoms with Gasteiger partial charge in [-0.2, -0.15) is 0 Å². The van der Waals surface area contributed by atoms with E-state index in [2.05, 4.69) is 4.98 Å². The topological polar surface area (TPSA) is 50.2 Å². The summed E-state index contributed by atoms with van der Waals surface area (Å²) in [7, 11) is 0. The minimum Gasteiger partial charge on any atom is -0.481 e. The molecule has 0 fully saturated rings. The first-order valence-electron chi connectivity index (χ1n) is 6.49. The Labute approximate surface area is 131 Å². The molecular formula is C16H13NO2S2. The molecule has 0 saturated carbocycles. The first-order chi connectivity index (χ1) is 10.1. The van der Waals surface area contributed by atoms with Gasteiger partial charge in [0, 0.05) is 11.1 Å². The van der Waals surface area contributed by atoms with Gasteiger partial charge < -0.3 is 5.11 Å². The summed E-state index contributed by atoms with van der Waals surface area (Å²) in [6, 6.07) is 11.6. The fourth-order valence-corrected chi connectivity index (χ4v) is 4.38. The number of hydrogen-bond acceptors (Lipinski definition) is 4. The Morgan fingerprint density at radius 1 is 1.24 bits per heavy atom. The lowest BCUT2D eigenvalue weighted by molar-refractivity contribution is -0.138. The average Bonchev–Trinajstić information content (AvgIpc) is 2.89. The molecule has 0 saturated heterocycles. The zero-order valence-corrected chi connectivity index (χ0v) is 12.9. The molecule has 0 spiro atoms. The molecule has 1 aliphatic heterocycles. The number of carbonyl (C=O) groups is 1. The molecule has 1 unspecified atom stereocenters. The van der Waals surface area contributed by atoms with Crippen LogP contribution in [0.3, 0.4) is 0 Å². The molecule has 0 bridgehead atoms. The number of carboxylic acid groups (broad SMARTS) is 1. The van der Waals surface area contributed by atoms with E-state index in [0.29, 0.717) is 0 Å². The summed E-state index contributed by atoms with van der Waals surface area (Å²) in [5.74, 6) is -1.33. The van der Waals surface area contributed by atoms with E-state index in [1.807, 2.05) is 42.5 Å². The van der Waals surface area contributed by atoms with E-state index < -0.39 is 11.9 Å². The van der Waals surface area contributed by atoms with Gasteiger partial charge in [-0.3, -0.25) is 4.79 Å². The van der Waals surface area contributed by atoms with Crippen molar-refractivity contribution in [1.82, 2.24) is 4.98 Å². The molecule has 106 valence electrons. The Morgan fingerprint density at radius 2 is 2.05 bits per heavy atom. The molecule has 1 aromatic carbocycles. The first-order valence-corrected chi connectivity index (χ1v) is 8.12. The van der Waals surface area contributed by atoms with Crippen LogP contribution in [0.4, 0.5) is 0 Å². The molecule has 2 aromatic rings. The Balaban J connectivity index is 1.93. The summed E-state index contributed by atoms with van der Waals surface area (Å²) in [6.07, 6.45) is 3.83. The Hall–Kier alpha value is -1.72. The van der Waals surface area contributed by atoms with Gasteiger partial charge in [0.25, 0.3) is 0 Å². The van der Waals surface area contributed by atoms with E-state index in [4.69, 9.17) is 0 Å². The number of carboxylic acids is 1. The van der Waals surface area contributed by atoms with E-state index in [1.54, 1.807) is 36.6 Å². The highest BCUT2D eigenvalue weighted by atomic mass is 32.2. The van der Waals surface area contributed by atoms with Crippen LogP contribution in [0, 0.1) is 0 Å². The third-order valence-electron chi connectivity index (χ3n) is 3.25. The summed E-state index contributed by atoms with van der Waals surface area (Å²) in [6.45, 7) is 1.71. The fraction of sp³-hybridized carbons (Fsp3) is 0.125. The standard InChI is InChI=1S/C16H13NO2S2/c1-10(16(18)19)12-6-3-2-5-11(12)9-14-20-13-7-4-8-17-15(13)21-14/h2-10H,1H3,(H,18,19). The van der Waals surface area contributed by atoms with E-state index in [9.17, 15) is 9.90 Å². The van der Waals surface area contributed by atoms with Gasteiger partial charge in [0.1, 0.15) is 5.03 Å². The van der Waals surface area contributed by atoms with Crippen molar-refractivity contribution in [2.75, 3.05) is 0 Å². The third kappa shape index (κ3) is 2.99. The molecule has 2 heterocycles. The second kappa shape index (κ2) is 5.95. The third-order valence-corrected chi connectivity index (χ3v) is 5.59. The van der Waals surface area contributed by atoms with Crippen LogP contribution in [0.1, 0.15) is 24.0 Å². The van der Waals surface area contributed by atoms with Gasteiger partial charge in [-0.25, -0.2) is 4.98 Å². The second-order valence-electron chi connectivity index (χ2n) is 4.66. The van der Waals surface area contributed by atoms with Crippen LogP contribution in [-0.4, -0.2) is 16.1 Å². The monoisotopic (exact) mass is 315 g/mol. The van der Waals surface area contributed by atoms with Crippen LogP contribution in [0.2, 0.25) is 0 Å². The molecule has 5 heteroatoms. The molecule has 1 aliphatic rings. The van der Waals surface area contributed by atoms with Crippen molar-refractivity contribution in [3.05, 3.63) is 58.0 Å². The molecule has 3 nitrogen and oxygen atoms in total. The molecular weight excluding hydrogens is 302 g/mol. The number of thioether (sulfide) groups is 2. The van der Waals surface area contributed by atoms with Crippen LogP contribution in [0.25, 0.3) is 6.08 Å². The van der Waals surface area contributed by atoms with Gasteiger partial charge >= 0.3 is 5.97 Å². The molecule has 1 N–H and O–H groups in total. The van der Waals surface area contributed by atoms with Crippen LogP contribution >= 0.6 is 23.5 Å². The van der Waals surface area contributed by atoms with Crippen molar-refractivity contribution in [3.8, 4) is 0 Å². The van der Waals surface area contributed by atoms with Crippen LogP contribution < -0.4 is 0 Å². The maximum absolute atomic E-state index is 11.2. The lowest BCUT2D eigenvalue weighted by Gasteiger charge is -2.10. The molecule has 1 aromatic heterocycles. The van der Waals surface area contributed by atoms with E-state index in [1.165, 1.54) is 0 Å². The van der Waals surface area contributed by atoms with Crippen molar-refractivity contribution in [1.29, 1.82) is 0 Å². The maximum atomic E-state index is 11.2. The molecule has 1 atom stereocenters. The van der Waals surface area contributed by atoms with E-state index in [-0.39, 0.29) is 0 Å². The number of aromatic nitrogens is 1. The molecule has 0 radical (unpaired) electrons. The first kappa shape index (κ1) is 14.2. The summed E-state index contributed by atoms with van der Waals surface area (Å²) < 4.78 is 1.12. The zero-order valence-electron chi connectivity index (χ0n) is 11.3. The summed E-state index contributed by atoms with van der Waals surface area (Å²) in [4.78, 5) is 16.7. The van der Waals surface area contributed by atoms with Gasteiger partial charge in [-0.1, -0.05) is 47.8 Å². The van der Waals surface area contributed by atoms with Gasteiger partial charge in [-0.15, -0.1) is 0 Å². The number of aliphatic carboxylic acids is 1. The number of nitrogens with zero attached hydrogens (tertiary/aromatic N) is 1. The highest BCUT2D eigenvalue weighted by Crippen LogP contribution is 2.50. The number of hydrogen-bond donors (Lipinski definition) is 1. The van der Waals surface area contributed by atoms with Crippen LogP contribution in [0.15, 0.2) is 56.8 Å². The zero-order chi connectivity index (χ0) is 14.8. The predicted octanol–water partition coefficient (Wildman–Crippen LogP) is 4.47. The van der Waals surface area contributed by atoms with Crippen molar-refractivity contribution in [2.45, 2.75) is 22.8 Å². The molecule has 3 rings (SSSR count). The van der Waals surface area contributed by atoms with Gasteiger partial charge in [0.05, 0.1) is 10.2 Å². The molecule has 0 amide bonds. The van der Waals surface area contributed by atoms with Gasteiger partial charge in [0.2, 0.25) is 0 Å². The minimum atomic E-state index is -0.808. The van der Waals surface area contributed by atoms with E-state index >= 15 is 0 Å². The van der Waals surface area contributed by atoms with Crippen molar-refractivity contribution >= 4 is 35.6 Å². The Kier molecular flexibility index (Phi) is 4.03. The quantitative estimate of drug-likeness (QED) is 0.906. The summed E-state index contributed by atoms with van der Waals surface area (Å²) >= 11 is 3.30. The number of pyridine rings is 1. The molecule has 21 heavy (non-hydrogen) atoms. The Bertz CT molecular complexity index is 701. The lowest BCUT2D eigenvalue weighted by Crippen LogP contribution is -2.08. The highest BCUT2D eigenvalue weighted by Gasteiger charge is 2.20. The maximum Gasteiger partial charge on any atom is 0.310 e. The summed E-state index contributed by atoms with van der Waals surface area (Å²) in [5.41, 5.74) is 1.79. The van der Waals surface area contributed by atoms with Crippen molar-refractivity contribution in [3.63, 3.8) is 0 Å². The predicted molar refractivity (Wildman–Crippen MR) is 86.4 cm³/mol. The second-order valence-corrected chi connectivity index (χ2v) is 7.04. The lowest BCUT2D eigenvalue weighted by atomic mass is 9.96. The van der Waals surface area contributed by atoms with Crippen molar-refractivity contribution in [2.24, 2.45) is 0 Å². The SMILES string of the molecule is CC(C(=O)O)c1ccccc1C=C1Sc2cccnc2S1. The fourth-order valence-electron chi connectivity index (χ4n) is 2.11. The largest absolute Gasteiger partial charge is 0.481 e. The van der Waals surface area contributed by atoms with Crippen LogP contribution in [-0.2, 0) is 4.79 Å². The summed E-state index contributed by atoms with van der Waals surface area (Å²) in [5, 5.41) is 10.2.